The topological polar surface area (TPSA) is 25.2 Å². The van der Waals surface area contributed by atoms with Crippen LogP contribution in [0.5, 0.6) is 0 Å². The molecule has 1 N–H and O–H groups in total. The molecule has 0 amide bonds. The Morgan fingerprint density at radius 3 is 2.50 bits per heavy atom. The van der Waals surface area contributed by atoms with E-state index in [2.05, 4.69) is 35.0 Å². The predicted octanol–water partition coefficient (Wildman–Crippen LogP) is 3.18. The summed E-state index contributed by atoms with van der Waals surface area (Å²) >= 11 is 0. The highest BCUT2D eigenvalue weighted by Gasteiger charge is 2.05. The van der Waals surface area contributed by atoms with Crippen molar-refractivity contribution < 1.29 is 5.11 Å². The average molecular weight is 237 g/mol. The summed E-state index contributed by atoms with van der Waals surface area (Å²) in [5.41, 5.74) is 3.38. The Labute approximate surface area is 106 Å². The number of rotatable bonds is 3. The Bertz CT molecular complexity index is 655. The lowest BCUT2D eigenvalue weighted by atomic mass is 10.1. The number of aromatic nitrogens is 1. The maximum Gasteiger partial charge on any atom is 0.0702 e. The van der Waals surface area contributed by atoms with E-state index in [0.29, 0.717) is 0 Å². The lowest BCUT2D eigenvalue weighted by molar-refractivity contribution is 0.283. The van der Waals surface area contributed by atoms with Crippen LogP contribution >= 0.6 is 0 Å². The van der Waals surface area contributed by atoms with Crippen molar-refractivity contribution in [2.24, 2.45) is 0 Å². The van der Waals surface area contributed by atoms with Crippen molar-refractivity contribution >= 4 is 10.9 Å². The van der Waals surface area contributed by atoms with Crippen molar-refractivity contribution in [1.29, 1.82) is 0 Å². The summed E-state index contributed by atoms with van der Waals surface area (Å²) in [7, 11) is 0. The van der Waals surface area contributed by atoms with Gasteiger partial charge in [-0.15, -0.1) is 0 Å². The summed E-state index contributed by atoms with van der Waals surface area (Å²) in [6.07, 6.45) is 2.08. The fourth-order valence-electron chi connectivity index (χ4n) is 2.38. The second-order valence-electron chi connectivity index (χ2n) is 4.44. The molecule has 90 valence electrons. The molecule has 2 heteroatoms. The zero-order valence-electron chi connectivity index (χ0n) is 10.1. The van der Waals surface area contributed by atoms with E-state index in [1.807, 2.05) is 30.3 Å². The molecule has 0 saturated heterocycles. The van der Waals surface area contributed by atoms with Gasteiger partial charge in [0.05, 0.1) is 12.1 Å². The van der Waals surface area contributed by atoms with Crippen molar-refractivity contribution in [2.45, 2.75) is 13.2 Å². The number of hydrogen-bond donors (Lipinski definition) is 1. The molecule has 3 aromatic rings. The first-order valence-electron chi connectivity index (χ1n) is 6.10. The second kappa shape index (κ2) is 4.67. The molecular weight excluding hydrogens is 222 g/mol. The quantitative estimate of drug-likeness (QED) is 0.743. The van der Waals surface area contributed by atoms with Crippen LogP contribution < -0.4 is 0 Å². The monoisotopic (exact) mass is 237 g/mol. The van der Waals surface area contributed by atoms with E-state index < -0.39 is 0 Å². The smallest absolute Gasteiger partial charge is 0.0702 e. The Morgan fingerprint density at radius 2 is 1.72 bits per heavy atom. The third-order valence-electron chi connectivity index (χ3n) is 3.24. The zero-order valence-corrected chi connectivity index (χ0v) is 10.1. The Hall–Kier alpha value is -2.06. The number of benzene rings is 2. The Morgan fingerprint density at radius 1 is 0.889 bits per heavy atom. The van der Waals surface area contributed by atoms with Gasteiger partial charge < -0.3 is 9.67 Å². The van der Waals surface area contributed by atoms with E-state index in [1.165, 1.54) is 10.9 Å². The van der Waals surface area contributed by atoms with Gasteiger partial charge in [0.15, 0.2) is 0 Å². The molecule has 2 aromatic carbocycles. The molecule has 0 unspecified atom stereocenters. The van der Waals surface area contributed by atoms with Crippen molar-refractivity contribution in [3.63, 3.8) is 0 Å². The molecule has 0 radical (unpaired) electrons. The van der Waals surface area contributed by atoms with Gasteiger partial charge in [-0.1, -0.05) is 48.5 Å². The lowest BCUT2D eigenvalue weighted by Gasteiger charge is -2.08. The van der Waals surface area contributed by atoms with E-state index in [9.17, 15) is 5.11 Å². The van der Waals surface area contributed by atoms with Gasteiger partial charge in [0.25, 0.3) is 0 Å². The van der Waals surface area contributed by atoms with Crippen LogP contribution in [0.1, 0.15) is 11.1 Å². The van der Waals surface area contributed by atoms with Crippen LogP contribution in [0.25, 0.3) is 10.9 Å². The second-order valence-corrected chi connectivity index (χ2v) is 4.44. The van der Waals surface area contributed by atoms with Crippen molar-refractivity contribution in [1.82, 2.24) is 4.57 Å². The van der Waals surface area contributed by atoms with Gasteiger partial charge in [-0.3, -0.25) is 0 Å². The molecule has 0 aliphatic rings. The molecule has 0 saturated carbocycles. The fraction of sp³-hybridized carbons (Fsp3) is 0.125. The van der Waals surface area contributed by atoms with Gasteiger partial charge in [0.2, 0.25) is 0 Å². The number of hydrogen-bond acceptors (Lipinski definition) is 1. The van der Waals surface area contributed by atoms with Crippen LogP contribution in [0.3, 0.4) is 0 Å². The Balaban J connectivity index is 2.07. The maximum atomic E-state index is 9.43. The zero-order chi connectivity index (χ0) is 12.4. The van der Waals surface area contributed by atoms with Gasteiger partial charge in [-0.05, 0) is 17.0 Å². The first kappa shape index (κ1) is 11.1. The molecule has 18 heavy (non-hydrogen) atoms. The molecule has 0 atom stereocenters. The van der Waals surface area contributed by atoms with Gasteiger partial charge >= 0.3 is 0 Å². The number of para-hydroxylation sites is 1. The van der Waals surface area contributed by atoms with Crippen LogP contribution in [0.15, 0.2) is 60.8 Å². The minimum Gasteiger partial charge on any atom is -0.392 e. The minimum atomic E-state index is 0.0795. The fourth-order valence-corrected chi connectivity index (χ4v) is 2.38. The molecule has 1 heterocycles. The van der Waals surface area contributed by atoms with Crippen molar-refractivity contribution in [2.75, 3.05) is 0 Å². The van der Waals surface area contributed by atoms with Crippen molar-refractivity contribution in [3.05, 3.63) is 71.9 Å². The molecule has 0 spiro atoms. The van der Waals surface area contributed by atoms with Gasteiger partial charge in [0.1, 0.15) is 0 Å². The average Bonchev–Trinajstić information content (AvgIpc) is 2.83. The number of aliphatic hydroxyl groups is 1. The number of aliphatic hydroxyl groups excluding tert-OH is 1. The van der Waals surface area contributed by atoms with Crippen LogP contribution in [-0.4, -0.2) is 9.67 Å². The molecule has 0 fully saturated rings. The molecule has 1 aromatic heterocycles. The minimum absolute atomic E-state index is 0.0795. The predicted molar refractivity (Wildman–Crippen MR) is 73.4 cm³/mol. The molecule has 0 aliphatic heterocycles. The van der Waals surface area contributed by atoms with E-state index in [1.54, 1.807) is 0 Å². The summed E-state index contributed by atoms with van der Waals surface area (Å²) in [4.78, 5) is 0. The first-order chi connectivity index (χ1) is 8.88. The number of nitrogens with zero attached hydrogens (tertiary/aromatic N) is 1. The maximum absolute atomic E-state index is 9.43. The van der Waals surface area contributed by atoms with Gasteiger partial charge in [-0.25, -0.2) is 0 Å². The lowest BCUT2D eigenvalue weighted by Crippen LogP contribution is -2.00. The van der Waals surface area contributed by atoms with E-state index in [0.717, 1.165) is 17.6 Å². The highest BCUT2D eigenvalue weighted by Crippen LogP contribution is 2.21. The van der Waals surface area contributed by atoms with E-state index in [-0.39, 0.29) is 6.61 Å². The van der Waals surface area contributed by atoms with Crippen LogP contribution in [0, 0.1) is 0 Å². The van der Waals surface area contributed by atoms with E-state index in [4.69, 9.17) is 0 Å². The summed E-state index contributed by atoms with van der Waals surface area (Å²) in [6.45, 7) is 0.914. The third kappa shape index (κ3) is 1.91. The molecular formula is C16H15NO. The Kier molecular flexibility index (Phi) is 2.87. The molecule has 0 aliphatic carbocycles. The highest BCUT2D eigenvalue weighted by molar-refractivity contribution is 5.83. The summed E-state index contributed by atoms with van der Waals surface area (Å²) in [6, 6.07) is 18.5. The summed E-state index contributed by atoms with van der Waals surface area (Å²) < 4.78 is 2.19. The largest absolute Gasteiger partial charge is 0.392 e. The molecule has 3 rings (SSSR count). The molecule has 2 nitrogen and oxygen atoms in total. The summed E-state index contributed by atoms with van der Waals surface area (Å²) in [5, 5.41) is 10.6. The van der Waals surface area contributed by atoms with Gasteiger partial charge in [-0.2, -0.15) is 0 Å². The molecule has 0 bridgehead atoms. The standard InChI is InChI=1S/C16H15NO/c18-12-15-8-4-7-14-9-10-17(16(14)15)11-13-5-2-1-3-6-13/h1-10,18H,11-12H2. The van der Waals surface area contributed by atoms with Crippen LogP contribution in [0.2, 0.25) is 0 Å². The SMILES string of the molecule is OCc1cccc2ccn(Cc3ccccc3)c12. The van der Waals surface area contributed by atoms with Gasteiger partial charge in [0, 0.05) is 18.3 Å². The highest BCUT2D eigenvalue weighted by atomic mass is 16.3. The van der Waals surface area contributed by atoms with Crippen molar-refractivity contribution in [3.8, 4) is 0 Å². The van der Waals surface area contributed by atoms with Crippen LogP contribution in [-0.2, 0) is 13.2 Å². The van der Waals surface area contributed by atoms with E-state index >= 15 is 0 Å². The first-order valence-corrected chi connectivity index (χ1v) is 6.10. The van der Waals surface area contributed by atoms with Crippen LogP contribution in [0.4, 0.5) is 0 Å². The summed E-state index contributed by atoms with van der Waals surface area (Å²) in [5.74, 6) is 0. The normalized spacial score (nSPS) is 10.9. The number of fused-ring (bicyclic) bond motifs is 1. The third-order valence-corrected chi connectivity index (χ3v) is 3.24.